The molecule has 2 N–H and O–H groups in total. The van der Waals surface area contributed by atoms with Crippen molar-refractivity contribution in [1.82, 2.24) is 0 Å². The Morgan fingerprint density at radius 1 is 1.04 bits per heavy atom. The Balaban J connectivity index is 1.42. The molecule has 1 heterocycles. The first kappa shape index (κ1) is 17.2. The van der Waals surface area contributed by atoms with Gasteiger partial charge in [-0.3, -0.25) is 0 Å². The topological polar surface area (TPSA) is 66.8 Å². The van der Waals surface area contributed by atoms with Crippen molar-refractivity contribution >= 4 is 5.97 Å². The second-order valence-corrected chi connectivity index (χ2v) is 10.1. The number of hydrogen-bond donors (Lipinski definition) is 2. The number of rotatable bonds is 1. The van der Waals surface area contributed by atoms with E-state index in [1.807, 2.05) is 0 Å². The summed E-state index contributed by atoms with van der Waals surface area (Å²) in [4.78, 5) is 11.5. The molecule has 4 saturated carbocycles. The Labute approximate surface area is 156 Å². The van der Waals surface area contributed by atoms with Gasteiger partial charge in [0.1, 0.15) is 6.61 Å². The van der Waals surface area contributed by atoms with Crippen LogP contribution in [-0.4, -0.2) is 34.5 Å². The van der Waals surface area contributed by atoms with Gasteiger partial charge in [-0.2, -0.15) is 0 Å². The molecule has 1 aliphatic heterocycles. The number of aliphatic hydroxyl groups is 2. The van der Waals surface area contributed by atoms with Crippen molar-refractivity contribution in [2.75, 3.05) is 6.61 Å². The van der Waals surface area contributed by atoms with Crippen LogP contribution in [0, 0.1) is 35.0 Å². The molecule has 0 spiro atoms. The normalized spacial score (nSPS) is 53.3. The van der Waals surface area contributed by atoms with Crippen molar-refractivity contribution in [2.24, 2.45) is 35.0 Å². The van der Waals surface area contributed by atoms with Gasteiger partial charge in [-0.15, -0.1) is 0 Å². The van der Waals surface area contributed by atoms with Gasteiger partial charge in [0.05, 0.1) is 11.7 Å². The van der Waals surface area contributed by atoms with Crippen LogP contribution in [0.25, 0.3) is 0 Å². The summed E-state index contributed by atoms with van der Waals surface area (Å²) in [5, 5.41) is 22.0. The predicted octanol–water partition coefficient (Wildman–Crippen LogP) is 3.21. The maximum Gasteiger partial charge on any atom is 0.331 e. The summed E-state index contributed by atoms with van der Waals surface area (Å²) in [6.07, 6.45) is 10.9. The highest BCUT2D eigenvalue weighted by atomic mass is 16.5. The summed E-state index contributed by atoms with van der Waals surface area (Å²) >= 11 is 0. The zero-order valence-electron chi connectivity index (χ0n) is 15.8. The summed E-state index contributed by atoms with van der Waals surface area (Å²) < 4.78 is 5.16. The number of cyclic esters (lactones) is 1. The SMILES string of the molecule is CC12CCC(O)CC1CCC1C2CCC2C(C3=CC(=O)OC3)CCC21O. The fourth-order valence-electron chi connectivity index (χ4n) is 7.94. The lowest BCUT2D eigenvalue weighted by Crippen LogP contribution is -2.58. The minimum Gasteiger partial charge on any atom is -0.458 e. The molecule has 8 atom stereocenters. The van der Waals surface area contributed by atoms with Gasteiger partial charge in [0.15, 0.2) is 0 Å². The van der Waals surface area contributed by atoms with Crippen LogP contribution in [0.4, 0.5) is 0 Å². The maximum atomic E-state index is 11.9. The number of esters is 1. The molecule has 144 valence electrons. The quantitative estimate of drug-likeness (QED) is 0.705. The zero-order chi connectivity index (χ0) is 18.1. The van der Waals surface area contributed by atoms with E-state index in [-0.39, 0.29) is 17.5 Å². The van der Waals surface area contributed by atoms with Crippen LogP contribution in [0.2, 0.25) is 0 Å². The highest BCUT2D eigenvalue weighted by molar-refractivity contribution is 5.85. The van der Waals surface area contributed by atoms with Crippen molar-refractivity contribution in [2.45, 2.75) is 76.4 Å². The van der Waals surface area contributed by atoms with E-state index in [2.05, 4.69) is 6.92 Å². The van der Waals surface area contributed by atoms with Crippen LogP contribution < -0.4 is 0 Å². The van der Waals surface area contributed by atoms with E-state index in [9.17, 15) is 15.0 Å². The number of fused-ring (bicyclic) bond motifs is 5. The van der Waals surface area contributed by atoms with E-state index >= 15 is 0 Å². The smallest absolute Gasteiger partial charge is 0.331 e. The van der Waals surface area contributed by atoms with Crippen LogP contribution in [0.5, 0.6) is 0 Å². The lowest BCUT2D eigenvalue weighted by molar-refractivity contribution is -0.178. The molecule has 0 radical (unpaired) electrons. The van der Waals surface area contributed by atoms with E-state index in [1.165, 1.54) is 6.42 Å². The number of hydrogen-bond acceptors (Lipinski definition) is 4. The van der Waals surface area contributed by atoms with Crippen LogP contribution in [-0.2, 0) is 9.53 Å². The fourth-order valence-corrected chi connectivity index (χ4v) is 7.94. The first-order valence-corrected chi connectivity index (χ1v) is 10.7. The highest BCUT2D eigenvalue weighted by Crippen LogP contribution is 2.65. The number of ether oxygens (including phenoxy) is 1. The zero-order valence-corrected chi connectivity index (χ0v) is 15.8. The molecular formula is C22H32O4. The molecule has 4 fully saturated rings. The minimum atomic E-state index is -0.565. The molecule has 0 aromatic carbocycles. The van der Waals surface area contributed by atoms with Gasteiger partial charge in [-0.05, 0) is 98.4 Å². The second kappa shape index (κ2) is 5.81. The van der Waals surface area contributed by atoms with E-state index < -0.39 is 5.60 Å². The first-order chi connectivity index (χ1) is 12.4. The molecule has 5 aliphatic rings. The van der Waals surface area contributed by atoms with Crippen LogP contribution >= 0.6 is 0 Å². The monoisotopic (exact) mass is 360 g/mol. The van der Waals surface area contributed by atoms with Crippen molar-refractivity contribution < 1.29 is 19.7 Å². The molecule has 4 nitrogen and oxygen atoms in total. The van der Waals surface area contributed by atoms with Gasteiger partial charge in [0, 0.05) is 6.08 Å². The molecular weight excluding hydrogens is 328 g/mol. The standard InChI is InChI=1S/C22H32O4/c1-21-8-6-15(23)11-14(21)2-3-19-18(21)5-4-17-16(7-9-22(17,19)25)13-10-20(24)26-12-13/h10,14-19,23,25H,2-9,11-12H2,1H3. The highest BCUT2D eigenvalue weighted by Gasteiger charge is 2.62. The molecule has 0 amide bonds. The molecule has 0 aromatic rings. The van der Waals surface area contributed by atoms with Crippen LogP contribution in [0.1, 0.15) is 64.7 Å². The van der Waals surface area contributed by atoms with E-state index in [1.54, 1.807) is 6.08 Å². The van der Waals surface area contributed by atoms with E-state index in [4.69, 9.17) is 4.74 Å². The molecule has 26 heavy (non-hydrogen) atoms. The van der Waals surface area contributed by atoms with Gasteiger partial charge >= 0.3 is 5.97 Å². The Morgan fingerprint density at radius 3 is 2.58 bits per heavy atom. The number of aliphatic hydroxyl groups excluding tert-OH is 1. The molecule has 0 aromatic heterocycles. The maximum absolute atomic E-state index is 11.9. The third-order valence-corrected chi connectivity index (χ3v) is 9.24. The molecule has 0 bridgehead atoms. The first-order valence-electron chi connectivity index (χ1n) is 10.7. The Morgan fingerprint density at radius 2 is 1.81 bits per heavy atom. The molecule has 5 rings (SSSR count). The number of carbonyl (C=O) groups is 1. The third-order valence-electron chi connectivity index (χ3n) is 9.24. The van der Waals surface area contributed by atoms with Crippen molar-refractivity contribution in [3.8, 4) is 0 Å². The van der Waals surface area contributed by atoms with Gasteiger partial charge < -0.3 is 14.9 Å². The Bertz CT molecular complexity index is 642. The Kier molecular flexibility index (Phi) is 3.85. The predicted molar refractivity (Wildman–Crippen MR) is 97.1 cm³/mol. The largest absolute Gasteiger partial charge is 0.458 e. The van der Waals surface area contributed by atoms with Crippen molar-refractivity contribution in [1.29, 1.82) is 0 Å². The van der Waals surface area contributed by atoms with E-state index in [0.29, 0.717) is 36.2 Å². The third kappa shape index (κ3) is 2.30. The fraction of sp³-hybridized carbons (Fsp3) is 0.864. The summed E-state index contributed by atoms with van der Waals surface area (Å²) in [6, 6.07) is 0. The second-order valence-electron chi connectivity index (χ2n) is 10.1. The van der Waals surface area contributed by atoms with Crippen LogP contribution in [0.15, 0.2) is 11.6 Å². The summed E-state index contributed by atoms with van der Waals surface area (Å²) in [7, 11) is 0. The van der Waals surface area contributed by atoms with Crippen LogP contribution in [0.3, 0.4) is 0 Å². The minimum absolute atomic E-state index is 0.119. The summed E-state index contributed by atoms with van der Waals surface area (Å²) in [6.45, 7) is 2.88. The van der Waals surface area contributed by atoms with Crippen molar-refractivity contribution in [3.05, 3.63) is 11.6 Å². The van der Waals surface area contributed by atoms with Gasteiger partial charge in [0.25, 0.3) is 0 Å². The lowest BCUT2D eigenvalue weighted by atomic mass is 9.46. The lowest BCUT2D eigenvalue weighted by Gasteiger charge is -2.61. The Hall–Kier alpha value is -0.870. The van der Waals surface area contributed by atoms with E-state index in [0.717, 1.165) is 56.9 Å². The van der Waals surface area contributed by atoms with Gasteiger partial charge in [-0.25, -0.2) is 4.79 Å². The van der Waals surface area contributed by atoms with Crippen molar-refractivity contribution in [3.63, 3.8) is 0 Å². The van der Waals surface area contributed by atoms with Gasteiger partial charge in [-0.1, -0.05) is 6.92 Å². The molecule has 0 saturated heterocycles. The average Bonchev–Trinajstić information content (AvgIpc) is 3.18. The molecule has 8 unspecified atom stereocenters. The van der Waals surface area contributed by atoms with Gasteiger partial charge in [0.2, 0.25) is 0 Å². The number of carbonyl (C=O) groups excluding carboxylic acids is 1. The summed E-state index contributed by atoms with van der Waals surface area (Å²) in [5.41, 5.74) is 0.839. The summed E-state index contributed by atoms with van der Waals surface area (Å²) in [5.74, 6) is 2.00. The molecule has 4 heteroatoms. The molecule has 4 aliphatic carbocycles. The average molecular weight is 360 g/mol.